The van der Waals surface area contributed by atoms with Gasteiger partial charge in [-0.3, -0.25) is 14.4 Å². The molecule has 1 fully saturated rings. The lowest BCUT2D eigenvalue weighted by Crippen LogP contribution is -2.48. The van der Waals surface area contributed by atoms with E-state index in [9.17, 15) is 14.4 Å². The molecule has 7 heteroatoms. The molecule has 3 amide bonds. The standard InChI is InChI=1S/C17H20N2O5/c1-17(2,3)18-16(22)23-10-8-11(9-10)24-19-14(20)12-6-4-5-7-13(12)15(19)21/h4-7,10-11H,8-9H2,1-3H3,(H,18,22). The van der Waals surface area contributed by atoms with E-state index in [2.05, 4.69) is 5.32 Å². The predicted molar refractivity (Wildman–Crippen MR) is 84.2 cm³/mol. The average molecular weight is 332 g/mol. The van der Waals surface area contributed by atoms with Gasteiger partial charge in [-0.15, -0.1) is 5.06 Å². The molecule has 1 saturated carbocycles. The summed E-state index contributed by atoms with van der Waals surface area (Å²) in [5.41, 5.74) is 0.329. The zero-order valence-corrected chi connectivity index (χ0v) is 13.9. The average Bonchev–Trinajstić information content (AvgIpc) is 2.68. The highest BCUT2D eigenvalue weighted by Gasteiger charge is 2.42. The van der Waals surface area contributed by atoms with Crippen molar-refractivity contribution in [2.45, 2.75) is 51.4 Å². The molecule has 0 spiro atoms. The Kier molecular flexibility index (Phi) is 4.04. The number of imide groups is 1. The number of rotatable bonds is 3. The Bertz CT molecular complexity index is 653. The number of hydrogen-bond donors (Lipinski definition) is 1. The number of nitrogens with zero attached hydrogens (tertiary/aromatic N) is 1. The van der Waals surface area contributed by atoms with Gasteiger partial charge in [0.05, 0.1) is 17.2 Å². The first-order chi connectivity index (χ1) is 11.2. The largest absolute Gasteiger partial charge is 0.446 e. The Balaban J connectivity index is 1.50. The smallest absolute Gasteiger partial charge is 0.407 e. The molecule has 1 aromatic rings. The van der Waals surface area contributed by atoms with Gasteiger partial charge in [-0.1, -0.05) is 12.1 Å². The Labute approximate surface area is 139 Å². The molecule has 0 bridgehead atoms. The lowest BCUT2D eigenvalue weighted by molar-refractivity contribution is -0.180. The third kappa shape index (κ3) is 3.26. The molecule has 0 saturated heterocycles. The van der Waals surface area contributed by atoms with Crippen LogP contribution in [0.1, 0.15) is 54.3 Å². The van der Waals surface area contributed by atoms with Crippen LogP contribution in [0.2, 0.25) is 0 Å². The summed E-state index contributed by atoms with van der Waals surface area (Å²) >= 11 is 0. The van der Waals surface area contributed by atoms with Gasteiger partial charge in [-0.25, -0.2) is 4.79 Å². The first-order valence-electron chi connectivity index (χ1n) is 7.88. The summed E-state index contributed by atoms with van der Waals surface area (Å²) in [7, 11) is 0. The number of ether oxygens (including phenoxy) is 1. The van der Waals surface area contributed by atoms with Crippen molar-refractivity contribution in [1.82, 2.24) is 10.4 Å². The van der Waals surface area contributed by atoms with E-state index in [1.807, 2.05) is 20.8 Å². The fraction of sp³-hybridized carbons (Fsp3) is 0.471. The molecule has 0 radical (unpaired) electrons. The van der Waals surface area contributed by atoms with Crippen LogP contribution < -0.4 is 5.32 Å². The second kappa shape index (κ2) is 5.90. The van der Waals surface area contributed by atoms with Gasteiger partial charge in [0.2, 0.25) is 0 Å². The van der Waals surface area contributed by atoms with E-state index in [1.54, 1.807) is 24.3 Å². The molecule has 1 heterocycles. The van der Waals surface area contributed by atoms with E-state index in [4.69, 9.17) is 9.57 Å². The van der Waals surface area contributed by atoms with Crippen LogP contribution in [-0.2, 0) is 9.57 Å². The molecule has 24 heavy (non-hydrogen) atoms. The fourth-order valence-corrected chi connectivity index (χ4v) is 2.60. The normalized spacial score (nSPS) is 22.9. The Morgan fingerprint density at radius 3 is 2.12 bits per heavy atom. The molecule has 128 valence electrons. The maximum absolute atomic E-state index is 12.2. The maximum Gasteiger partial charge on any atom is 0.407 e. The molecule has 0 unspecified atom stereocenters. The van der Waals surface area contributed by atoms with Gasteiger partial charge in [0, 0.05) is 18.4 Å². The van der Waals surface area contributed by atoms with Crippen LogP contribution in [0.5, 0.6) is 0 Å². The number of alkyl carbamates (subject to hydrolysis) is 1. The number of carbonyl (C=O) groups is 3. The molecule has 0 atom stereocenters. The molecule has 1 aliphatic carbocycles. The van der Waals surface area contributed by atoms with Crippen molar-refractivity contribution >= 4 is 17.9 Å². The van der Waals surface area contributed by atoms with E-state index in [1.165, 1.54) is 0 Å². The molecule has 0 aromatic heterocycles. The zero-order valence-electron chi connectivity index (χ0n) is 13.9. The highest BCUT2D eigenvalue weighted by atomic mass is 16.7. The molecule has 1 aliphatic heterocycles. The highest BCUT2D eigenvalue weighted by molar-refractivity contribution is 6.20. The van der Waals surface area contributed by atoms with E-state index in [0.29, 0.717) is 24.0 Å². The SMILES string of the molecule is CC(C)(C)NC(=O)OC1CC(ON2C(=O)c3ccccc3C2=O)C1. The first kappa shape index (κ1) is 16.4. The van der Waals surface area contributed by atoms with Gasteiger partial charge in [0.25, 0.3) is 11.8 Å². The van der Waals surface area contributed by atoms with E-state index < -0.39 is 17.9 Å². The van der Waals surface area contributed by atoms with Crippen molar-refractivity contribution in [3.63, 3.8) is 0 Å². The Hall–Kier alpha value is -2.41. The number of hydroxylamine groups is 2. The van der Waals surface area contributed by atoms with Crippen molar-refractivity contribution in [2.75, 3.05) is 0 Å². The second-order valence-corrected chi connectivity index (χ2v) is 7.05. The van der Waals surface area contributed by atoms with Crippen LogP contribution >= 0.6 is 0 Å². The highest BCUT2D eigenvalue weighted by Crippen LogP contribution is 2.31. The minimum atomic E-state index is -0.480. The summed E-state index contributed by atoms with van der Waals surface area (Å²) in [5, 5.41) is 3.52. The lowest BCUT2D eigenvalue weighted by atomic mass is 9.92. The lowest BCUT2D eigenvalue weighted by Gasteiger charge is -2.36. The number of hydrogen-bond acceptors (Lipinski definition) is 5. The third-order valence-corrected chi connectivity index (χ3v) is 3.81. The van der Waals surface area contributed by atoms with Gasteiger partial charge in [-0.2, -0.15) is 0 Å². The monoisotopic (exact) mass is 332 g/mol. The van der Waals surface area contributed by atoms with E-state index >= 15 is 0 Å². The molecule has 3 rings (SSSR count). The second-order valence-electron chi connectivity index (χ2n) is 7.05. The molecule has 1 aromatic carbocycles. The van der Waals surface area contributed by atoms with Gasteiger partial charge in [0.15, 0.2) is 0 Å². The minimum absolute atomic E-state index is 0.271. The van der Waals surface area contributed by atoms with Gasteiger partial charge in [-0.05, 0) is 32.9 Å². The fourth-order valence-electron chi connectivity index (χ4n) is 2.60. The molecular formula is C17H20N2O5. The predicted octanol–water partition coefficient (Wildman–Crippen LogP) is 2.27. The van der Waals surface area contributed by atoms with Gasteiger partial charge >= 0.3 is 6.09 Å². The van der Waals surface area contributed by atoms with Crippen LogP contribution in [-0.4, -0.2) is 40.7 Å². The van der Waals surface area contributed by atoms with Gasteiger partial charge in [0.1, 0.15) is 6.10 Å². The summed E-state index contributed by atoms with van der Waals surface area (Å²) in [6, 6.07) is 6.61. The van der Waals surface area contributed by atoms with Crippen molar-refractivity contribution in [3.8, 4) is 0 Å². The quantitative estimate of drug-likeness (QED) is 0.858. The van der Waals surface area contributed by atoms with Crippen molar-refractivity contribution < 1.29 is 24.0 Å². The number of fused-ring (bicyclic) bond motifs is 1. The summed E-state index contributed by atoms with van der Waals surface area (Å²) in [6.07, 6.45) is -0.172. The van der Waals surface area contributed by atoms with Crippen molar-refractivity contribution in [1.29, 1.82) is 0 Å². The zero-order chi connectivity index (χ0) is 17.5. The third-order valence-electron chi connectivity index (χ3n) is 3.81. The van der Waals surface area contributed by atoms with Crippen LogP contribution in [0, 0.1) is 0 Å². The summed E-state index contributed by atoms with van der Waals surface area (Å²) in [6.45, 7) is 5.59. The molecule has 1 N–H and O–H groups in total. The van der Waals surface area contributed by atoms with Crippen LogP contribution in [0.4, 0.5) is 4.79 Å². The van der Waals surface area contributed by atoms with Crippen LogP contribution in [0.25, 0.3) is 0 Å². The maximum atomic E-state index is 12.2. The number of benzene rings is 1. The molecule has 2 aliphatic rings. The topological polar surface area (TPSA) is 84.9 Å². The number of nitrogens with one attached hydrogen (secondary N) is 1. The summed E-state index contributed by atoms with van der Waals surface area (Å²) < 4.78 is 5.25. The van der Waals surface area contributed by atoms with Gasteiger partial charge < -0.3 is 10.1 Å². The van der Waals surface area contributed by atoms with E-state index in [0.717, 1.165) is 5.06 Å². The number of carbonyl (C=O) groups excluding carboxylic acids is 3. The van der Waals surface area contributed by atoms with Crippen molar-refractivity contribution in [2.24, 2.45) is 0 Å². The number of amides is 3. The molecular weight excluding hydrogens is 312 g/mol. The molecule has 7 nitrogen and oxygen atoms in total. The Morgan fingerprint density at radius 1 is 1.08 bits per heavy atom. The minimum Gasteiger partial charge on any atom is -0.446 e. The summed E-state index contributed by atoms with van der Waals surface area (Å²) in [4.78, 5) is 41.5. The van der Waals surface area contributed by atoms with Crippen LogP contribution in [0.3, 0.4) is 0 Å². The van der Waals surface area contributed by atoms with Crippen molar-refractivity contribution in [3.05, 3.63) is 35.4 Å². The van der Waals surface area contributed by atoms with Crippen LogP contribution in [0.15, 0.2) is 24.3 Å². The van der Waals surface area contributed by atoms with E-state index in [-0.39, 0.29) is 17.7 Å². The summed E-state index contributed by atoms with van der Waals surface area (Å²) in [5.74, 6) is -0.907. The Morgan fingerprint density at radius 2 is 1.62 bits per heavy atom. The first-order valence-corrected chi connectivity index (χ1v) is 7.88.